The summed E-state index contributed by atoms with van der Waals surface area (Å²) in [4.78, 5) is 10.4. The summed E-state index contributed by atoms with van der Waals surface area (Å²) < 4.78 is 29.3. The van der Waals surface area contributed by atoms with E-state index >= 15 is 0 Å². The van der Waals surface area contributed by atoms with Crippen molar-refractivity contribution >= 4 is 16.9 Å². The molecule has 4 nitrogen and oxygen atoms in total. The minimum atomic E-state index is -2.91. The van der Waals surface area contributed by atoms with Crippen molar-refractivity contribution < 1.29 is 23.4 Å². The molecule has 0 aliphatic rings. The Labute approximate surface area is 114 Å². The zero-order valence-corrected chi connectivity index (χ0v) is 10.5. The summed E-state index contributed by atoms with van der Waals surface area (Å²) in [6.07, 6.45) is -0.874. The van der Waals surface area contributed by atoms with Crippen LogP contribution in [0.2, 0.25) is 0 Å². The number of fused-ring (bicyclic) bond motifs is 1. The van der Waals surface area contributed by atoms with Gasteiger partial charge in [0, 0.05) is 6.54 Å². The summed E-state index contributed by atoms with van der Waals surface area (Å²) in [5.41, 5.74) is 0.540. The molecule has 1 amide bonds. The first kappa shape index (κ1) is 14.0. The largest absolute Gasteiger partial charge is 0.465 e. The Morgan fingerprint density at radius 2 is 1.90 bits per heavy atom. The highest BCUT2D eigenvalue weighted by Crippen LogP contribution is 2.27. The zero-order valence-electron chi connectivity index (χ0n) is 10.5. The van der Waals surface area contributed by atoms with Crippen LogP contribution >= 0.6 is 0 Å². The number of benzene rings is 2. The molecule has 0 atom stereocenters. The lowest BCUT2D eigenvalue weighted by molar-refractivity contribution is -0.0503. The van der Waals surface area contributed by atoms with Crippen LogP contribution < -0.4 is 10.1 Å². The molecule has 0 aromatic heterocycles. The van der Waals surface area contributed by atoms with Crippen LogP contribution in [0, 0.1) is 0 Å². The number of ether oxygens (including phenoxy) is 1. The number of hydrogen-bond acceptors (Lipinski definition) is 2. The van der Waals surface area contributed by atoms with Crippen LogP contribution in [0.3, 0.4) is 0 Å². The number of hydrogen-bond donors (Lipinski definition) is 2. The van der Waals surface area contributed by atoms with E-state index in [1.807, 2.05) is 12.1 Å². The van der Waals surface area contributed by atoms with E-state index in [4.69, 9.17) is 5.11 Å². The van der Waals surface area contributed by atoms with Gasteiger partial charge in [-0.1, -0.05) is 24.3 Å². The number of carbonyl (C=O) groups is 1. The van der Waals surface area contributed by atoms with Crippen LogP contribution in [0.4, 0.5) is 13.6 Å². The Hall–Kier alpha value is -2.37. The van der Waals surface area contributed by atoms with Crippen molar-refractivity contribution in [1.82, 2.24) is 5.32 Å². The summed E-state index contributed by atoms with van der Waals surface area (Å²) in [7, 11) is 0. The van der Waals surface area contributed by atoms with Gasteiger partial charge in [-0.25, -0.2) is 4.79 Å². The van der Waals surface area contributed by atoms with Crippen LogP contribution in [0.1, 0.15) is 5.56 Å². The summed E-state index contributed by atoms with van der Waals surface area (Å²) in [5, 5.41) is 12.4. The van der Waals surface area contributed by atoms with Gasteiger partial charge in [-0.2, -0.15) is 8.78 Å². The molecule has 6 heteroatoms. The van der Waals surface area contributed by atoms with Gasteiger partial charge in [0.05, 0.1) is 0 Å². The predicted octanol–water partition coefficient (Wildman–Crippen LogP) is 3.25. The molecule has 2 N–H and O–H groups in total. The first-order chi connectivity index (χ1) is 9.56. The van der Waals surface area contributed by atoms with Crippen molar-refractivity contribution in [2.75, 3.05) is 6.54 Å². The maximum atomic E-state index is 12.4. The second kappa shape index (κ2) is 6.18. The van der Waals surface area contributed by atoms with Crippen molar-refractivity contribution in [3.8, 4) is 5.75 Å². The standard InChI is InChI=1S/C14H13F2NO3/c15-13(16)20-12-8-10-4-2-1-3-9(10)7-11(12)5-6-17-14(18)19/h1-4,7-8,13,17H,5-6H2,(H,18,19). The van der Waals surface area contributed by atoms with E-state index in [9.17, 15) is 13.6 Å². The van der Waals surface area contributed by atoms with Gasteiger partial charge in [0.25, 0.3) is 0 Å². The van der Waals surface area contributed by atoms with Crippen LogP contribution in [0.5, 0.6) is 5.75 Å². The molecule has 0 spiro atoms. The quantitative estimate of drug-likeness (QED) is 0.884. The van der Waals surface area contributed by atoms with E-state index in [1.165, 1.54) is 6.07 Å². The maximum Gasteiger partial charge on any atom is 0.404 e. The predicted molar refractivity (Wildman–Crippen MR) is 70.3 cm³/mol. The average molecular weight is 281 g/mol. The van der Waals surface area contributed by atoms with Crippen molar-refractivity contribution in [2.45, 2.75) is 13.0 Å². The fraction of sp³-hybridized carbons (Fsp3) is 0.214. The van der Waals surface area contributed by atoms with E-state index in [0.29, 0.717) is 5.56 Å². The van der Waals surface area contributed by atoms with Crippen LogP contribution in [-0.4, -0.2) is 24.4 Å². The minimum absolute atomic E-state index is 0.0749. The lowest BCUT2D eigenvalue weighted by atomic mass is 10.0. The average Bonchev–Trinajstić information content (AvgIpc) is 2.38. The third kappa shape index (κ3) is 3.57. The van der Waals surface area contributed by atoms with Gasteiger partial charge in [-0.3, -0.25) is 0 Å². The SMILES string of the molecule is O=C(O)NCCc1cc2ccccc2cc1OC(F)F. The molecule has 20 heavy (non-hydrogen) atoms. The zero-order chi connectivity index (χ0) is 14.5. The number of alkyl halides is 2. The Kier molecular flexibility index (Phi) is 4.34. The molecule has 0 saturated carbocycles. The summed E-state index contributed by atoms with van der Waals surface area (Å²) in [5.74, 6) is 0.0749. The Bertz CT molecular complexity index is 616. The van der Waals surface area contributed by atoms with E-state index < -0.39 is 12.7 Å². The van der Waals surface area contributed by atoms with E-state index in [-0.39, 0.29) is 18.7 Å². The van der Waals surface area contributed by atoms with E-state index in [1.54, 1.807) is 18.2 Å². The fourth-order valence-electron chi connectivity index (χ4n) is 1.97. The molecule has 2 rings (SSSR count). The topological polar surface area (TPSA) is 58.6 Å². The molecule has 0 aliphatic carbocycles. The van der Waals surface area contributed by atoms with Gasteiger partial charge in [-0.05, 0) is 34.9 Å². The molecule has 0 fully saturated rings. The molecule has 0 saturated heterocycles. The molecule has 2 aromatic carbocycles. The minimum Gasteiger partial charge on any atom is -0.465 e. The second-order valence-electron chi connectivity index (χ2n) is 4.17. The van der Waals surface area contributed by atoms with Crippen LogP contribution in [-0.2, 0) is 6.42 Å². The molecule has 0 radical (unpaired) electrons. The molecule has 0 bridgehead atoms. The Morgan fingerprint density at radius 1 is 1.25 bits per heavy atom. The highest BCUT2D eigenvalue weighted by Gasteiger charge is 2.11. The van der Waals surface area contributed by atoms with E-state index in [2.05, 4.69) is 10.1 Å². The highest BCUT2D eigenvalue weighted by molar-refractivity contribution is 5.85. The summed E-state index contributed by atoms with van der Waals surface area (Å²) in [6.45, 7) is -2.78. The number of amides is 1. The third-order valence-electron chi connectivity index (χ3n) is 2.82. The number of carboxylic acid groups (broad SMARTS) is 1. The lowest BCUT2D eigenvalue weighted by Crippen LogP contribution is -2.23. The van der Waals surface area contributed by atoms with Gasteiger partial charge in [0.1, 0.15) is 5.75 Å². The second-order valence-corrected chi connectivity index (χ2v) is 4.17. The van der Waals surface area contributed by atoms with Crippen LogP contribution in [0.15, 0.2) is 36.4 Å². The summed E-state index contributed by atoms with van der Waals surface area (Å²) >= 11 is 0. The van der Waals surface area contributed by atoms with Crippen molar-refractivity contribution in [3.63, 3.8) is 0 Å². The smallest absolute Gasteiger partial charge is 0.404 e. The molecule has 106 valence electrons. The van der Waals surface area contributed by atoms with Gasteiger partial charge in [0.15, 0.2) is 0 Å². The normalized spacial score (nSPS) is 10.8. The van der Waals surface area contributed by atoms with Crippen molar-refractivity contribution in [2.24, 2.45) is 0 Å². The lowest BCUT2D eigenvalue weighted by Gasteiger charge is -2.12. The monoisotopic (exact) mass is 281 g/mol. The Balaban J connectivity index is 2.30. The van der Waals surface area contributed by atoms with Crippen molar-refractivity contribution in [1.29, 1.82) is 0 Å². The van der Waals surface area contributed by atoms with E-state index in [0.717, 1.165) is 10.8 Å². The molecular formula is C14H13F2NO3. The van der Waals surface area contributed by atoms with Gasteiger partial charge < -0.3 is 15.2 Å². The van der Waals surface area contributed by atoms with Gasteiger partial charge >= 0.3 is 12.7 Å². The third-order valence-corrected chi connectivity index (χ3v) is 2.82. The maximum absolute atomic E-state index is 12.4. The molecular weight excluding hydrogens is 268 g/mol. The molecule has 0 unspecified atom stereocenters. The van der Waals surface area contributed by atoms with Crippen LogP contribution in [0.25, 0.3) is 10.8 Å². The molecule has 0 aliphatic heterocycles. The number of nitrogens with one attached hydrogen (secondary N) is 1. The first-order valence-electron chi connectivity index (χ1n) is 5.99. The van der Waals surface area contributed by atoms with Gasteiger partial charge in [-0.15, -0.1) is 0 Å². The Morgan fingerprint density at radius 3 is 2.50 bits per heavy atom. The van der Waals surface area contributed by atoms with Crippen molar-refractivity contribution in [3.05, 3.63) is 42.0 Å². The molecule has 0 heterocycles. The summed E-state index contributed by atoms with van der Waals surface area (Å²) in [6, 6.07) is 10.6. The number of rotatable bonds is 5. The first-order valence-corrected chi connectivity index (χ1v) is 5.99. The van der Waals surface area contributed by atoms with Gasteiger partial charge in [0.2, 0.25) is 0 Å². The highest BCUT2D eigenvalue weighted by atomic mass is 19.3. The fourth-order valence-corrected chi connectivity index (χ4v) is 1.97. The molecule has 2 aromatic rings. The number of halogens is 2.